The van der Waals surface area contributed by atoms with E-state index in [2.05, 4.69) is 36.2 Å². The summed E-state index contributed by atoms with van der Waals surface area (Å²) in [6, 6.07) is 0. The van der Waals surface area contributed by atoms with Gasteiger partial charge in [0.25, 0.3) is 0 Å². The van der Waals surface area contributed by atoms with Gasteiger partial charge in [-0.1, -0.05) is 26.0 Å². The van der Waals surface area contributed by atoms with Crippen molar-refractivity contribution in [2.75, 3.05) is 32.7 Å². The Labute approximate surface area is 101 Å². The minimum atomic E-state index is 0.887. The minimum Gasteiger partial charge on any atom is -0.316 e. The maximum Gasteiger partial charge on any atom is -0.000687 e. The van der Waals surface area contributed by atoms with Crippen LogP contribution < -0.4 is 5.32 Å². The lowest BCUT2D eigenvalue weighted by Gasteiger charge is -2.20. The number of hydrogen-bond acceptors (Lipinski definition) is 2. The van der Waals surface area contributed by atoms with Crippen LogP contribution in [0.2, 0.25) is 0 Å². The highest BCUT2D eigenvalue weighted by atomic mass is 15.1. The highest BCUT2D eigenvalue weighted by Gasteiger charge is 2.08. The smallest absolute Gasteiger partial charge is 0.000687 e. The standard InChI is InChI=1S/C14H28N2/c1-3-16(4-2)12-8-11-15-13-14-9-6-5-7-10-14/h5-6,14-15H,3-4,7-13H2,1-2H3. The second kappa shape index (κ2) is 8.77. The fraction of sp³-hybridized carbons (Fsp3) is 0.857. The lowest BCUT2D eigenvalue weighted by molar-refractivity contribution is 0.296. The molecule has 0 aromatic heterocycles. The van der Waals surface area contributed by atoms with Gasteiger partial charge in [0, 0.05) is 0 Å². The lowest BCUT2D eigenvalue weighted by Crippen LogP contribution is -2.29. The van der Waals surface area contributed by atoms with E-state index in [1.807, 2.05) is 0 Å². The Hall–Kier alpha value is -0.340. The van der Waals surface area contributed by atoms with Gasteiger partial charge in [-0.15, -0.1) is 0 Å². The zero-order chi connectivity index (χ0) is 11.6. The minimum absolute atomic E-state index is 0.887. The fourth-order valence-corrected chi connectivity index (χ4v) is 2.32. The molecule has 0 amide bonds. The SMILES string of the molecule is CCN(CC)CCCNCC1CC=CCC1. The molecule has 0 aromatic carbocycles. The third-order valence-electron chi connectivity index (χ3n) is 3.53. The van der Waals surface area contributed by atoms with Gasteiger partial charge in [-0.25, -0.2) is 0 Å². The Morgan fingerprint density at radius 3 is 2.69 bits per heavy atom. The highest BCUT2D eigenvalue weighted by Crippen LogP contribution is 2.16. The molecule has 0 spiro atoms. The molecule has 0 aromatic rings. The molecule has 0 heterocycles. The summed E-state index contributed by atoms with van der Waals surface area (Å²) >= 11 is 0. The molecule has 0 aliphatic heterocycles. The Morgan fingerprint density at radius 1 is 1.25 bits per heavy atom. The van der Waals surface area contributed by atoms with Crippen LogP contribution in [-0.4, -0.2) is 37.6 Å². The van der Waals surface area contributed by atoms with Gasteiger partial charge in [-0.05, 0) is 64.3 Å². The summed E-state index contributed by atoms with van der Waals surface area (Å²) in [5, 5.41) is 3.60. The van der Waals surface area contributed by atoms with E-state index in [0.29, 0.717) is 0 Å². The van der Waals surface area contributed by atoms with E-state index in [0.717, 1.165) is 5.92 Å². The first-order valence-corrected chi connectivity index (χ1v) is 6.94. The van der Waals surface area contributed by atoms with E-state index in [1.54, 1.807) is 0 Å². The Balaban J connectivity index is 1.93. The van der Waals surface area contributed by atoms with Crippen molar-refractivity contribution < 1.29 is 0 Å². The van der Waals surface area contributed by atoms with Crippen LogP contribution in [0.4, 0.5) is 0 Å². The summed E-state index contributed by atoms with van der Waals surface area (Å²) in [6.07, 6.45) is 9.88. The van der Waals surface area contributed by atoms with Gasteiger partial charge >= 0.3 is 0 Å². The van der Waals surface area contributed by atoms with E-state index in [-0.39, 0.29) is 0 Å². The molecule has 0 saturated heterocycles. The average Bonchev–Trinajstić information content (AvgIpc) is 2.35. The highest BCUT2D eigenvalue weighted by molar-refractivity contribution is 4.90. The van der Waals surface area contributed by atoms with Crippen molar-refractivity contribution in [3.05, 3.63) is 12.2 Å². The number of nitrogens with zero attached hydrogens (tertiary/aromatic N) is 1. The van der Waals surface area contributed by atoms with Crippen LogP contribution in [-0.2, 0) is 0 Å². The third-order valence-corrected chi connectivity index (χ3v) is 3.53. The van der Waals surface area contributed by atoms with Crippen LogP contribution in [0.1, 0.15) is 39.5 Å². The van der Waals surface area contributed by atoms with Crippen molar-refractivity contribution in [2.24, 2.45) is 5.92 Å². The van der Waals surface area contributed by atoms with Crippen molar-refractivity contribution in [3.63, 3.8) is 0 Å². The van der Waals surface area contributed by atoms with E-state index in [1.165, 1.54) is 58.4 Å². The summed E-state index contributed by atoms with van der Waals surface area (Å²) in [5.41, 5.74) is 0. The molecule has 1 aliphatic carbocycles. The molecular weight excluding hydrogens is 196 g/mol. The molecule has 0 bridgehead atoms. The Morgan fingerprint density at radius 2 is 2.06 bits per heavy atom. The average molecular weight is 224 g/mol. The van der Waals surface area contributed by atoms with Crippen molar-refractivity contribution in [3.8, 4) is 0 Å². The fourth-order valence-electron chi connectivity index (χ4n) is 2.32. The van der Waals surface area contributed by atoms with Crippen LogP contribution in [0.5, 0.6) is 0 Å². The van der Waals surface area contributed by atoms with E-state index < -0.39 is 0 Å². The molecule has 1 rings (SSSR count). The van der Waals surface area contributed by atoms with Crippen LogP contribution in [0, 0.1) is 5.92 Å². The van der Waals surface area contributed by atoms with E-state index in [4.69, 9.17) is 0 Å². The number of hydrogen-bond donors (Lipinski definition) is 1. The predicted octanol–water partition coefficient (Wildman–Crippen LogP) is 2.66. The summed E-state index contributed by atoms with van der Waals surface area (Å²) in [7, 11) is 0. The van der Waals surface area contributed by atoms with Gasteiger partial charge in [0.05, 0.1) is 0 Å². The van der Waals surface area contributed by atoms with Crippen molar-refractivity contribution in [2.45, 2.75) is 39.5 Å². The van der Waals surface area contributed by atoms with Gasteiger partial charge in [0.1, 0.15) is 0 Å². The number of allylic oxidation sites excluding steroid dienone is 2. The molecule has 0 fully saturated rings. The monoisotopic (exact) mass is 224 g/mol. The first kappa shape index (κ1) is 13.7. The van der Waals surface area contributed by atoms with Crippen LogP contribution in [0.3, 0.4) is 0 Å². The van der Waals surface area contributed by atoms with Gasteiger partial charge in [-0.3, -0.25) is 0 Å². The maximum atomic E-state index is 3.60. The quantitative estimate of drug-likeness (QED) is 0.504. The molecule has 1 N–H and O–H groups in total. The summed E-state index contributed by atoms with van der Waals surface area (Å²) < 4.78 is 0. The largest absolute Gasteiger partial charge is 0.316 e. The van der Waals surface area contributed by atoms with Crippen molar-refractivity contribution >= 4 is 0 Å². The summed E-state index contributed by atoms with van der Waals surface area (Å²) in [4.78, 5) is 2.49. The van der Waals surface area contributed by atoms with Gasteiger partial charge in [0.2, 0.25) is 0 Å². The van der Waals surface area contributed by atoms with E-state index in [9.17, 15) is 0 Å². The number of rotatable bonds is 8. The van der Waals surface area contributed by atoms with Gasteiger partial charge in [0.15, 0.2) is 0 Å². The summed E-state index contributed by atoms with van der Waals surface area (Å²) in [5.74, 6) is 0.887. The molecule has 2 heteroatoms. The normalized spacial score (nSPS) is 20.6. The third kappa shape index (κ3) is 5.66. The molecule has 16 heavy (non-hydrogen) atoms. The van der Waals surface area contributed by atoms with E-state index >= 15 is 0 Å². The topological polar surface area (TPSA) is 15.3 Å². The Bertz CT molecular complexity index is 185. The summed E-state index contributed by atoms with van der Waals surface area (Å²) in [6.45, 7) is 10.5. The molecular formula is C14H28N2. The second-order valence-electron chi connectivity index (χ2n) is 4.74. The first-order valence-electron chi connectivity index (χ1n) is 6.94. The first-order chi connectivity index (χ1) is 7.86. The zero-order valence-electron chi connectivity index (χ0n) is 11.0. The maximum absolute atomic E-state index is 3.60. The number of nitrogens with one attached hydrogen (secondary N) is 1. The van der Waals surface area contributed by atoms with Crippen LogP contribution in [0.15, 0.2) is 12.2 Å². The molecule has 1 atom stereocenters. The molecule has 0 saturated carbocycles. The molecule has 2 nitrogen and oxygen atoms in total. The van der Waals surface area contributed by atoms with Gasteiger partial charge < -0.3 is 10.2 Å². The van der Waals surface area contributed by atoms with Gasteiger partial charge in [-0.2, -0.15) is 0 Å². The molecule has 94 valence electrons. The molecule has 0 radical (unpaired) electrons. The molecule has 1 aliphatic rings. The molecule has 1 unspecified atom stereocenters. The van der Waals surface area contributed by atoms with Crippen LogP contribution >= 0.6 is 0 Å². The lowest BCUT2D eigenvalue weighted by atomic mass is 9.94. The van der Waals surface area contributed by atoms with Crippen molar-refractivity contribution in [1.29, 1.82) is 0 Å². The Kier molecular flexibility index (Phi) is 7.52. The second-order valence-corrected chi connectivity index (χ2v) is 4.74. The van der Waals surface area contributed by atoms with Crippen molar-refractivity contribution in [1.82, 2.24) is 10.2 Å². The zero-order valence-corrected chi connectivity index (χ0v) is 11.0. The van der Waals surface area contributed by atoms with Crippen LogP contribution in [0.25, 0.3) is 0 Å². The predicted molar refractivity (Wildman–Crippen MR) is 71.8 cm³/mol.